The Morgan fingerprint density at radius 1 is 0.700 bits per heavy atom. The van der Waals surface area contributed by atoms with E-state index in [4.69, 9.17) is 68.1 Å². The number of hydrogen-bond donors (Lipinski definition) is 4. The van der Waals surface area contributed by atoms with Crippen LogP contribution in [0.5, 0.6) is 0 Å². The smallest absolute Gasteiger partial charge is 0.0595 e. The molecule has 30 heavy (non-hydrogen) atoms. The Balaban J connectivity index is 0.000000171. The lowest BCUT2D eigenvalue weighted by Gasteiger charge is -2.15. The number of aliphatic hydroxyl groups is 2. The molecule has 2 saturated carbocycles. The highest BCUT2D eigenvalue weighted by Gasteiger charge is 2.54. The molecule has 0 amide bonds. The van der Waals surface area contributed by atoms with Crippen molar-refractivity contribution in [3.8, 4) is 0 Å². The molecular formula is C22H26Cl4N2O2. The monoisotopic (exact) mass is 490 g/mol. The normalized spacial score (nSPS) is 29.2. The Hall–Kier alpha value is -0.560. The quantitative estimate of drug-likeness (QED) is 0.481. The molecule has 0 saturated heterocycles. The number of halogens is 4. The maximum Gasteiger partial charge on any atom is 0.0595 e. The van der Waals surface area contributed by atoms with E-state index in [0.29, 0.717) is 33.2 Å². The molecule has 0 aromatic heterocycles. The van der Waals surface area contributed by atoms with E-state index in [0.717, 1.165) is 24.0 Å². The third-order valence-electron chi connectivity index (χ3n) is 6.62. The highest BCUT2D eigenvalue weighted by Crippen LogP contribution is 2.54. The molecule has 2 fully saturated rings. The van der Waals surface area contributed by atoms with E-state index < -0.39 is 0 Å². The number of benzene rings is 2. The molecule has 8 heteroatoms. The van der Waals surface area contributed by atoms with Crippen LogP contribution in [0.25, 0.3) is 0 Å². The molecule has 4 nitrogen and oxygen atoms in total. The van der Waals surface area contributed by atoms with Gasteiger partial charge in [0.2, 0.25) is 0 Å². The summed E-state index contributed by atoms with van der Waals surface area (Å²) in [5.74, 6) is 0.527. The first kappa shape index (κ1) is 24.1. The van der Waals surface area contributed by atoms with Crippen molar-refractivity contribution in [1.82, 2.24) is 0 Å². The fourth-order valence-electron chi connectivity index (χ4n) is 4.29. The van der Waals surface area contributed by atoms with Crippen LogP contribution in [0.1, 0.15) is 24.0 Å². The van der Waals surface area contributed by atoms with Gasteiger partial charge in [0.15, 0.2) is 0 Å². The summed E-state index contributed by atoms with van der Waals surface area (Å²) in [6.45, 7) is 1.43. The zero-order valence-electron chi connectivity index (χ0n) is 16.4. The topological polar surface area (TPSA) is 92.5 Å². The summed E-state index contributed by atoms with van der Waals surface area (Å²) in [7, 11) is 0. The Bertz CT molecular complexity index is 839. The number of rotatable bonds is 6. The zero-order chi connectivity index (χ0) is 22.1. The number of nitrogens with two attached hydrogens (primary N) is 2. The number of aliphatic hydroxyl groups excluding tert-OH is 2. The summed E-state index contributed by atoms with van der Waals surface area (Å²) in [5.41, 5.74) is 13.5. The molecule has 0 spiro atoms. The Labute approximate surface area is 197 Å². The molecular weight excluding hydrogens is 466 g/mol. The van der Waals surface area contributed by atoms with Crippen molar-refractivity contribution in [2.75, 3.05) is 26.3 Å². The van der Waals surface area contributed by atoms with Crippen molar-refractivity contribution in [1.29, 1.82) is 0 Å². The van der Waals surface area contributed by atoms with E-state index in [1.165, 1.54) is 0 Å². The maximum atomic E-state index is 9.14. The van der Waals surface area contributed by atoms with Gasteiger partial charge in [0.25, 0.3) is 0 Å². The molecule has 0 unspecified atom stereocenters. The van der Waals surface area contributed by atoms with Crippen molar-refractivity contribution in [2.45, 2.75) is 23.7 Å². The van der Waals surface area contributed by atoms with Gasteiger partial charge in [0, 0.05) is 37.1 Å². The first-order valence-electron chi connectivity index (χ1n) is 9.81. The van der Waals surface area contributed by atoms with Crippen LogP contribution < -0.4 is 11.5 Å². The average Bonchev–Trinajstić information content (AvgIpc) is 3.65. The van der Waals surface area contributed by atoms with E-state index in [1.54, 1.807) is 12.1 Å². The fraction of sp³-hybridized carbons (Fsp3) is 0.455. The molecule has 4 atom stereocenters. The minimum absolute atomic E-state index is 0.0804. The summed E-state index contributed by atoms with van der Waals surface area (Å²) in [5, 5.41) is 20.5. The minimum atomic E-state index is -0.0804. The molecule has 2 aliphatic carbocycles. The summed E-state index contributed by atoms with van der Waals surface area (Å²) < 4.78 is 0. The van der Waals surface area contributed by atoms with Crippen LogP contribution in [0.4, 0.5) is 0 Å². The van der Waals surface area contributed by atoms with Gasteiger partial charge in [-0.1, -0.05) is 58.5 Å². The molecule has 0 heterocycles. The molecule has 0 aliphatic heterocycles. The second-order valence-corrected chi connectivity index (χ2v) is 9.77. The second-order valence-electron chi connectivity index (χ2n) is 8.15. The van der Waals surface area contributed by atoms with Crippen molar-refractivity contribution < 1.29 is 10.2 Å². The lowest BCUT2D eigenvalue weighted by molar-refractivity contribution is 0.264. The highest BCUT2D eigenvalue weighted by molar-refractivity contribution is 6.42. The van der Waals surface area contributed by atoms with Gasteiger partial charge in [0.1, 0.15) is 0 Å². The van der Waals surface area contributed by atoms with Crippen LogP contribution in [-0.4, -0.2) is 36.5 Å². The Morgan fingerprint density at radius 2 is 1.07 bits per heavy atom. The van der Waals surface area contributed by atoms with Crippen LogP contribution in [0, 0.1) is 11.8 Å². The van der Waals surface area contributed by atoms with Gasteiger partial charge >= 0.3 is 0 Å². The molecule has 2 aromatic carbocycles. The molecule has 4 rings (SSSR count). The summed E-state index contributed by atoms with van der Waals surface area (Å²) in [6.07, 6.45) is 1.86. The van der Waals surface area contributed by atoms with Crippen molar-refractivity contribution >= 4 is 46.4 Å². The van der Waals surface area contributed by atoms with E-state index in [1.807, 2.05) is 24.3 Å². The Kier molecular flexibility index (Phi) is 7.64. The van der Waals surface area contributed by atoms with Crippen molar-refractivity contribution in [3.63, 3.8) is 0 Å². The predicted molar refractivity (Wildman–Crippen MR) is 125 cm³/mol. The van der Waals surface area contributed by atoms with Crippen LogP contribution in [0.15, 0.2) is 36.4 Å². The van der Waals surface area contributed by atoms with Crippen molar-refractivity contribution in [2.24, 2.45) is 23.3 Å². The highest BCUT2D eigenvalue weighted by atomic mass is 35.5. The van der Waals surface area contributed by atoms with Gasteiger partial charge in [-0.15, -0.1) is 0 Å². The third-order valence-corrected chi connectivity index (χ3v) is 8.10. The predicted octanol–water partition coefficient (Wildman–Crippen LogP) is 4.40. The molecule has 2 aliphatic rings. The summed E-state index contributed by atoms with van der Waals surface area (Å²) in [6, 6.07) is 11.2. The first-order valence-corrected chi connectivity index (χ1v) is 11.3. The SMILES string of the molecule is NC[C@@]1(c2ccc(Cl)c(Cl)c2)C[C@@H]1CO.NC[C@]1(c2ccc(Cl)c(Cl)c2)C[C@@H]1CO. The first-order chi connectivity index (χ1) is 14.3. The summed E-state index contributed by atoms with van der Waals surface area (Å²) in [4.78, 5) is 0. The average molecular weight is 492 g/mol. The lowest BCUT2D eigenvalue weighted by Crippen LogP contribution is -2.23. The van der Waals surface area contributed by atoms with Crippen LogP contribution in [0.3, 0.4) is 0 Å². The maximum absolute atomic E-state index is 9.14. The molecule has 164 valence electrons. The van der Waals surface area contributed by atoms with Gasteiger partial charge in [-0.2, -0.15) is 0 Å². The van der Waals surface area contributed by atoms with Gasteiger partial charge in [0.05, 0.1) is 20.1 Å². The second kappa shape index (κ2) is 9.51. The molecule has 6 N–H and O–H groups in total. The van der Waals surface area contributed by atoms with Gasteiger partial charge in [-0.3, -0.25) is 0 Å². The lowest BCUT2D eigenvalue weighted by atomic mass is 9.93. The zero-order valence-corrected chi connectivity index (χ0v) is 19.4. The van der Waals surface area contributed by atoms with Gasteiger partial charge in [-0.05, 0) is 60.1 Å². The molecule has 2 aromatic rings. The van der Waals surface area contributed by atoms with E-state index in [-0.39, 0.29) is 35.9 Å². The van der Waals surface area contributed by atoms with E-state index in [2.05, 4.69) is 0 Å². The molecule has 0 radical (unpaired) electrons. The van der Waals surface area contributed by atoms with E-state index in [9.17, 15) is 0 Å². The van der Waals surface area contributed by atoms with Crippen LogP contribution in [-0.2, 0) is 10.8 Å². The van der Waals surface area contributed by atoms with Crippen LogP contribution >= 0.6 is 46.4 Å². The molecule has 0 bridgehead atoms. The minimum Gasteiger partial charge on any atom is -0.396 e. The fourth-order valence-corrected chi connectivity index (χ4v) is 4.89. The van der Waals surface area contributed by atoms with Gasteiger partial charge in [-0.25, -0.2) is 0 Å². The standard InChI is InChI=1S/2C11H13Cl2NO/c2*12-9-2-1-7(3-10(9)13)11(6-14)4-8(11)5-15/h2*1-3,8,15H,4-6,14H2/t8-,11+;8-,11-/m11/s1. The Morgan fingerprint density at radius 3 is 1.30 bits per heavy atom. The van der Waals surface area contributed by atoms with E-state index >= 15 is 0 Å². The van der Waals surface area contributed by atoms with Crippen LogP contribution in [0.2, 0.25) is 20.1 Å². The summed E-state index contributed by atoms with van der Waals surface area (Å²) >= 11 is 23.6. The number of hydrogen-bond acceptors (Lipinski definition) is 4. The largest absolute Gasteiger partial charge is 0.396 e. The van der Waals surface area contributed by atoms with Gasteiger partial charge < -0.3 is 21.7 Å². The van der Waals surface area contributed by atoms with Crippen molar-refractivity contribution in [3.05, 3.63) is 67.6 Å². The third kappa shape index (κ3) is 4.48.